The summed E-state index contributed by atoms with van der Waals surface area (Å²) < 4.78 is 47.6. The van der Waals surface area contributed by atoms with Crippen LogP contribution in [-0.2, 0) is 24.7 Å². The van der Waals surface area contributed by atoms with E-state index < -0.39 is 66.5 Å². The molecular weight excluding hydrogens is 646 g/mol. The van der Waals surface area contributed by atoms with Gasteiger partial charge in [-0.2, -0.15) is 0 Å². The van der Waals surface area contributed by atoms with E-state index in [9.17, 15) is 67.5 Å². The summed E-state index contributed by atoms with van der Waals surface area (Å²) in [6, 6.07) is 4.45. The Hall–Kier alpha value is -0.940. The molecule has 42 heavy (non-hydrogen) atoms. The minimum absolute atomic E-state index is 0.0142. The molecular formula is C19H37N5O14P4. The van der Waals surface area contributed by atoms with Crippen molar-refractivity contribution in [2.75, 3.05) is 71.0 Å². The highest BCUT2D eigenvalue weighted by Gasteiger charge is 2.32. The first-order valence-corrected chi connectivity index (χ1v) is 19.6. The Balaban J connectivity index is 2.53. The molecule has 1 saturated heterocycles. The predicted octanol–water partition coefficient (Wildman–Crippen LogP) is -0.732. The second-order valence-electron chi connectivity index (χ2n) is 10.1. The first kappa shape index (κ1) is 37.2. The molecule has 0 radical (unpaired) electrons. The number of rotatable bonds is 11. The van der Waals surface area contributed by atoms with Crippen molar-refractivity contribution >= 4 is 36.1 Å². The first-order valence-electron chi connectivity index (χ1n) is 12.4. The summed E-state index contributed by atoms with van der Waals surface area (Å²) in [5.74, 6) is 0. The summed E-state index contributed by atoms with van der Waals surface area (Å²) in [6.07, 6.45) is -3.03. The van der Waals surface area contributed by atoms with E-state index in [1.807, 2.05) is 0 Å². The number of nitro groups is 1. The Morgan fingerprint density at radius 3 is 1.43 bits per heavy atom. The van der Waals surface area contributed by atoms with E-state index in [2.05, 4.69) is 0 Å². The maximum Gasteiger partial charge on any atom is 0.339 e. The number of nitrogens with zero attached hydrogens (tertiary/aromatic N) is 5. The fraction of sp³-hybridized carbons (Fsp3) is 0.684. The molecule has 1 unspecified atom stereocenters. The van der Waals surface area contributed by atoms with E-state index >= 15 is 0 Å². The van der Waals surface area contributed by atoms with Crippen molar-refractivity contribution in [3.05, 3.63) is 39.9 Å². The van der Waals surface area contributed by atoms with Crippen molar-refractivity contribution in [2.24, 2.45) is 0 Å². The van der Waals surface area contributed by atoms with Crippen molar-refractivity contribution < 1.29 is 62.3 Å². The highest BCUT2D eigenvalue weighted by atomic mass is 31.2. The summed E-state index contributed by atoms with van der Waals surface area (Å²) >= 11 is 0. The number of nitro benzene ring substituents is 1. The molecule has 0 aliphatic carbocycles. The van der Waals surface area contributed by atoms with Crippen LogP contribution in [0.5, 0.6) is 0 Å². The fourth-order valence-electron chi connectivity index (χ4n) is 4.58. The third-order valence-electron chi connectivity index (χ3n) is 6.29. The average molecular weight is 683 g/mol. The van der Waals surface area contributed by atoms with Crippen LogP contribution >= 0.6 is 30.4 Å². The molecule has 1 heterocycles. The van der Waals surface area contributed by atoms with Gasteiger partial charge in [-0.3, -0.25) is 48.0 Å². The standard InChI is InChI=1S/C19H37N5O14P4/c25-24(26)18-3-1-17(2-4-18)11-19-12-22(15-41(33,34)35)8-7-20(13-39(27,28)29)5-6-21(14-40(30,31)32)9-10-23(19)16-42(36,37)38/h1-4,19H,5-16H2,(H2,27,28,29)(H2,30,31,32)(H2,33,34,35)(H2,36,37,38). The van der Waals surface area contributed by atoms with Gasteiger partial charge in [0.1, 0.15) is 25.1 Å². The zero-order chi connectivity index (χ0) is 31.9. The lowest BCUT2D eigenvalue weighted by atomic mass is 10.0. The molecule has 1 aromatic rings. The highest BCUT2D eigenvalue weighted by molar-refractivity contribution is 7.52. The maximum atomic E-state index is 12.1. The van der Waals surface area contributed by atoms with Gasteiger partial charge in [-0.05, 0) is 12.0 Å². The van der Waals surface area contributed by atoms with Gasteiger partial charge in [0.15, 0.2) is 0 Å². The largest absolute Gasteiger partial charge is 0.339 e. The van der Waals surface area contributed by atoms with Crippen molar-refractivity contribution in [3.63, 3.8) is 0 Å². The van der Waals surface area contributed by atoms with Gasteiger partial charge in [-0.25, -0.2) is 0 Å². The summed E-state index contributed by atoms with van der Waals surface area (Å²) in [6.45, 7) is -0.916. The number of benzene rings is 1. The fourth-order valence-corrected chi connectivity index (χ4v) is 7.81. The Bertz CT molecular complexity index is 1230. The smallest absolute Gasteiger partial charge is 0.324 e. The van der Waals surface area contributed by atoms with Gasteiger partial charge < -0.3 is 39.1 Å². The lowest BCUT2D eigenvalue weighted by Crippen LogP contribution is -2.51. The Morgan fingerprint density at radius 2 is 1.02 bits per heavy atom. The lowest BCUT2D eigenvalue weighted by molar-refractivity contribution is -0.384. The lowest BCUT2D eigenvalue weighted by Gasteiger charge is -2.39. The molecule has 8 N–H and O–H groups in total. The van der Waals surface area contributed by atoms with E-state index in [1.54, 1.807) is 0 Å². The molecule has 242 valence electrons. The van der Waals surface area contributed by atoms with Crippen LogP contribution in [0.4, 0.5) is 5.69 Å². The van der Waals surface area contributed by atoms with Crippen LogP contribution < -0.4 is 0 Å². The number of hydrogen-bond donors (Lipinski definition) is 8. The molecule has 0 saturated carbocycles. The monoisotopic (exact) mass is 683 g/mol. The Labute approximate surface area is 241 Å². The van der Waals surface area contributed by atoms with Crippen molar-refractivity contribution in [1.82, 2.24) is 19.6 Å². The SMILES string of the molecule is O=[N+]([O-])c1ccc(CC2CN(CP(=O)(O)O)CCN(CP(=O)(O)O)CCN(CP(=O)(O)O)CCN2CP(=O)(O)O)cc1. The van der Waals surface area contributed by atoms with Crippen LogP contribution in [0.2, 0.25) is 0 Å². The van der Waals surface area contributed by atoms with Crippen LogP contribution in [-0.4, -0.2) is 141 Å². The highest BCUT2D eigenvalue weighted by Crippen LogP contribution is 2.39. The van der Waals surface area contributed by atoms with Gasteiger partial charge >= 0.3 is 30.4 Å². The number of non-ortho nitro benzene ring substituents is 1. The third-order valence-corrected chi connectivity index (χ3v) is 9.33. The van der Waals surface area contributed by atoms with Gasteiger partial charge in [0.05, 0.1) is 4.92 Å². The van der Waals surface area contributed by atoms with Gasteiger partial charge in [0.2, 0.25) is 0 Å². The molecule has 19 nitrogen and oxygen atoms in total. The zero-order valence-corrected chi connectivity index (χ0v) is 26.0. The van der Waals surface area contributed by atoms with E-state index in [4.69, 9.17) is 0 Å². The van der Waals surface area contributed by atoms with Crippen LogP contribution in [0.3, 0.4) is 0 Å². The van der Waals surface area contributed by atoms with Gasteiger partial charge in [-0.1, -0.05) is 12.1 Å². The van der Waals surface area contributed by atoms with Gasteiger partial charge in [0.25, 0.3) is 5.69 Å². The molecule has 1 aliphatic rings. The first-order chi connectivity index (χ1) is 19.1. The molecule has 0 aromatic heterocycles. The summed E-state index contributed by atoms with van der Waals surface area (Å²) in [5, 5.41) is 11.1. The van der Waals surface area contributed by atoms with E-state index in [0.29, 0.717) is 5.56 Å². The zero-order valence-electron chi connectivity index (χ0n) is 22.4. The van der Waals surface area contributed by atoms with Gasteiger partial charge in [0, 0.05) is 64.0 Å². The quantitative estimate of drug-likeness (QED) is 0.0810. The van der Waals surface area contributed by atoms with Crippen molar-refractivity contribution in [2.45, 2.75) is 12.5 Å². The molecule has 1 aliphatic heterocycles. The molecule has 23 heteroatoms. The Kier molecular flexibility index (Phi) is 13.6. The molecule has 1 atom stereocenters. The number of hydrogen-bond acceptors (Lipinski definition) is 10. The molecule has 1 fully saturated rings. The molecule has 0 bridgehead atoms. The molecule has 0 amide bonds. The van der Waals surface area contributed by atoms with Crippen LogP contribution in [0, 0.1) is 10.1 Å². The van der Waals surface area contributed by atoms with E-state index in [0.717, 1.165) is 0 Å². The molecule has 1 aromatic carbocycles. The van der Waals surface area contributed by atoms with Crippen molar-refractivity contribution in [3.8, 4) is 0 Å². The topological polar surface area (TPSA) is 286 Å². The normalized spacial score (nSPS) is 20.6. The Morgan fingerprint density at radius 1 is 0.643 bits per heavy atom. The molecule has 0 spiro atoms. The third kappa shape index (κ3) is 15.7. The van der Waals surface area contributed by atoms with Crippen LogP contribution in [0.1, 0.15) is 5.56 Å². The van der Waals surface area contributed by atoms with Crippen LogP contribution in [0.15, 0.2) is 24.3 Å². The second kappa shape index (κ2) is 15.4. The van der Waals surface area contributed by atoms with Crippen molar-refractivity contribution in [1.29, 1.82) is 0 Å². The molecule has 2 rings (SSSR count). The average Bonchev–Trinajstić information content (AvgIpc) is 2.78. The minimum Gasteiger partial charge on any atom is -0.324 e. The summed E-state index contributed by atoms with van der Waals surface area (Å²) in [7, 11) is -18.6. The van der Waals surface area contributed by atoms with E-state index in [1.165, 1.54) is 43.9 Å². The summed E-state index contributed by atoms with van der Waals surface area (Å²) in [4.78, 5) is 93.0. The van der Waals surface area contributed by atoms with Crippen LogP contribution in [0.25, 0.3) is 0 Å². The summed E-state index contributed by atoms with van der Waals surface area (Å²) in [5.41, 5.74) is 0.297. The predicted molar refractivity (Wildman–Crippen MR) is 150 cm³/mol. The second-order valence-corrected chi connectivity index (χ2v) is 16.6. The van der Waals surface area contributed by atoms with Gasteiger partial charge in [-0.15, -0.1) is 0 Å². The van der Waals surface area contributed by atoms with E-state index in [-0.39, 0.29) is 57.9 Å². The maximum absolute atomic E-state index is 12.1. The minimum atomic E-state index is -4.73.